The standard InChI is InChI=1S/C10H15N3O3/c1-16-10(15)4-9(14)8-6-13(12-11-8)5-7-2-3-7/h6-7,9,14H,2-5H2,1H3. The van der Waals surface area contributed by atoms with Gasteiger partial charge in [0.25, 0.3) is 0 Å². The minimum Gasteiger partial charge on any atom is -0.469 e. The van der Waals surface area contributed by atoms with Crippen molar-refractivity contribution in [3.63, 3.8) is 0 Å². The molecule has 1 N–H and O–H groups in total. The van der Waals surface area contributed by atoms with E-state index in [-0.39, 0.29) is 6.42 Å². The van der Waals surface area contributed by atoms with Crippen molar-refractivity contribution in [3.05, 3.63) is 11.9 Å². The number of hydrogen-bond donors (Lipinski definition) is 1. The van der Waals surface area contributed by atoms with Gasteiger partial charge in [-0.3, -0.25) is 9.48 Å². The van der Waals surface area contributed by atoms with Crippen molar-refractivity contribution in [2.75, 3.05) is 7.11 Å². The summed E-state index contributed by atoms with van der Waals surface area (Å²) in [6.07, 6.45) is 3.14. The Morgan fingerprint density at radius 2 is 2.50 bits per heavy atom. The first kappa shape index (κ1) is 11.1. The number of aliphatic hydroxyl groups is 1. The van der Waals surface area contributed by atoms with Crippen LogP contribution in [-0.2, 0) is 16.1 Å². The van der Waals surface area contributed by atoms with Crippen LogP contribution in [0.4, 0.5) is 0 Å². The monoisotopic (exact) mass is 225 g/mol. The number of rotatable bonds is 5. The molecule has 1 saturated carbocycles. The smallest absolute Gasteiger partial charge is 0.308 e. The lowest BCUT2D eigenvalue weighted by molar-refractivity contribution is -0.142. The molecule has 88 valence electrons. The topological polar surface area (TPSA) is 77.2 Å². The Hall–Kier alpha value is -1.43. The third-order valence-electron chi connectivity index (χ3n) is 2.63. The molecule has 6 nitrogen and oxygen atoms in total. The second-order valence-corrected chi connectivity index (χ2v) is 4.10. The maximum atomic E-state index is 11.0. The third kappa shape index (κ3) is 2.79. The minimum atomic E-state index is -0.930. The molecule has 0 radical (unpaired) electrons. The summed E-state index contributed by atoms with van der Waals surface area (Å²) < 4.78 is 6.19. The van der Waals surface area contributed by atoms with E-state index < -0.39 is 12.1 Å². The van der Waals surface area contributed by atoms with Gasteiger partial charge in [0.2, 0.25) is 0 Å². The highest BCUT2D eigenvalue weighted by Gasteiger charge is 2.23. The van der Waals surface area contributed by atoms with Crippen molar-refractivity contribution in [2.24, 2.45) is 5.92 Å². The zero-order valence-electron chi connectivity index (χ0n) is 9.17. The number of hydrogen-bond acceptors (Lipinski definition) is 5. The molecule has 1 aromatic rings. The second-order valence-electron chi connectivity index (χ2n) is 4.10. The van der Waals surface area contributed by atoms with Crippen molar-refractivity contribution in [1.82, 2.24) is 15.0 Å². The molecular weight excluding hydrogens is 210 g/mol. The first-order valence-corrected chi connectivity index (χ1v) is 5.34. The van der Waals surface area contributed by atoms with Crippen molar-refractivity contribution < 1.29 is 14.6 Å². The predicted molar refractivity (Wildman–Crippen MR) is 54.3 cm³/mol. The molecule has 1 atom stereocenters. The van der Waals surface area contributed by atoms with Crippen LogP contribution in [0.15, 0.2) is 6.20 Å². The molecule has 0 aromatic carbocycles. The van der Waals surface area contributed by atoms with Gasteiger partial charge in [0, 0.05) is 6.54 Å². The normalized spacial score (nSPS) is 17.1. The molecule has 2 rings (SSSR count). The maximum absolute atomic E-state index is 11.0. The second kappa shape index (κ2) is 4.61. The number of carbonyl (C=O) groups excluding carboxylic acids is 1. The molecule has 0 spiro atoms. The molecule has 1 unspecified atom stereocenters. The van der Waals surface area contributed by atoms with Crippen LogP contribution in [0, 0.1) is 5.92 Å². The summed E-state index contributed by atoms with van der Waals surface area (Å²) in [5.74, 6) is 0.247. The highest BCUT2D eigenvalue weighted by molar-refractivity contribution is 5.69. The van der Waals surface area contributed by atoms with E-state index in [2.05, 4.69) is 15.0 Å². The van der Waals surface area contributed by atoms with Crippen molar-refractivity contribution in [2.45, 2.75) is 31.9 Å². The summed E-state index contributed by atoms with van der Waals surface area (Å²) in [6, 6.07) is 0. The van der Waals surface area contributed by atoms with E-state index in [1.54, 1.807) is 10.9 Å². The summed E-state index contributed by atoms with van der Waals surface area (Å²) >= 11 is 0. The van der Waals surface area contributed by atoms with E-state index in [1.807, 2.05) is 0 Å². The van der Waals surface area contributed by atoms with Crippen LogP contribution in [0.3, 0.4) is 0 Å². The average molecular weight is 225 g/mol. The van der Waals surface area contributed by atoms with Crippen LogP contribution in [0.2, 0.25) is 0 Å². The van der Waals surface area contributed by atoms with Gasteiger partial charge in [-0.05, 0) is 18.8 Å². The van der Waals surface area contributed by atoms with E-state index in [1.165, 1.54) is 20.0 Å². The molecule has 0 bridgehead atoms. The van der Waals surface area contributed by atoms with E-state index in [4.69, 9.17) is 0 Å². The van der Waals surface area contributed by atoms with Crippen molar-refractivity contribution in [3.8, 4) is 0 Å². The first-order valence-electron chi connectivity index (χ1n) is 5.34. The predicted octanol–water partition coefficient (Wildman–Crippen LogP) is 0.285. The number of carbonyl (C=O) groups is 1. The summed E-state index contributed by atoms with van der Waals surface area (Å²) in [7, 11) is 1.29. The Labute approximate surface area is 93.2 Å². The summed E-state index contributed by atoms with van der Waals surface area (Å²) in [5, 5.41) is 17.4. The van der Waals surface area contributed by atoms with Gasteiger partial charge in [0.15, 0.2) is 0 Å². The van der Waals surface area contributed by atoms with Crippen LogP contribution < -0.4 is 0 Å². The van der Waals surface area contributed by atoms with Crippen molar-refractivity contribution >= 4 is 5.97 Å². The number of esters is 1. The van der Waals surface area contributed by atoms with E-state index in [0.717, 1.165) is 6.54 Å². The Morgan fingerprint density at radius 3 is 3.12 bits per heavy atom. The molecule has 0 aliphatic heterocycles. The third-order valence-corrected chi connectivity index (χ3v) is 2.63. The molecule has 16 heavy (non-hydrogen) atoms. The van der Waals surface area contributed by atoms with Crippen LogP contribution in [-0.4, -0.2) is 33.2 Å². The van der Waals surface area contributed by atoms with Gasteiger partial charge >= 0.3 is 5.97 Å². The SMILES string of the molecule is COC(=O)CC(O)c1cn(CC2CC2)nn1. The molecular formula is C10H15N3O3. The molecule has 1 heterocycles. The lowest BCUT2D eigenvalue weighted by Gasteiger charge is -2.04. The van der Waals surface area contributed by atoms with Gasteiger partial charge in [0.1, 0.15) is 11.8 Å². The lowest BCUT2D eigenvalue weighted by atomic mass is 10.2. The molecule has 1 aliphatic carbocycles. The Bertz CT molecular complexity index is 373. The number of nitrogens with zero attached hydrogens (tertiary/aromatic N) is 3. The lowest BCUT2D eigenvalue weighted by Crippen LogP contribution is -2.08. The van der Waals surface area contributed by atoms with E-state index in [9.17, 15) is 9.90 Å². The molecule has 1 aliphatic rings. The van der Waals surface area contributed by atoms with Gasteiger partial charge in [-0.25, -0.2) is 0 Å². The average Bonchev–Trinajstić information content (AvgIpc) is 2.94. The van der Waals surface area contributed by atoms with Crippen LogP contribution >= 0.6 is 0 Å². The van der Waals surface area contributed by atoms with E-state index in [0.29, 0.717) is 11.6 Å². The summed E-state index contributed by atoms with van der Waals surface area (Å²) in [5.41, 5.74) is 0.422. The quantitative estimate of drug-likeness (QED) is 0.728. The van der Waals surface area contributed by atoms with Crippen LogP contribution in [0.25, 0.3) is 0 Å². The first-order chi connectivity index (χ1) is 7.69. The fourth-order valence-corrected chi connectivity index (χ4v) is 1.47. The fourth-order valence-electron chi connectivity index (χ4n) is 1.47. The van der Waals surface area contributed by atoms with Gasteiger partial charge in [-0.15, -0.1) is 5.10 Å². The largest absolute Gasteiger partial charge is 0.469 e. The minimum absolute atomic E-state index is 0.0847. The summed E-state index contributed by atoms with van der Waals surface area (Å²) in [4.78, 5) is 11.0. The molecule has 1 fully saturated rings. The number of ether oxygens (including phenoxy) is 1. The van der Waals surface area contributed by atoms with Gasteiger partial charge < -0.3 is 9.84 Å². The number of aromatic nitrogens is 3. The highest BCUT2D eigenvalue weighted by Crippen LogP contribution is 2.30. The van der Waals surface area contributed by atoms with E-state index >= 15 is 0 Å². The number of aliphatic hydroxyl groups excluding tert-OH is 1. The Balaban J connectivity index is 1.91. The molecule has 1 aromatic heterocycles. The Kier molecular flexibility index (Phi) is 3.19. The fraction of sp³-hybridized carbons (Fsp3) is 0.700. The zero-order chi connectivity index (χ0) is 11.5. The zero-order valence-corrected chi connectivity index (χ0v) is 9.17. The highest BCUT2D eigenvalue weighted by atomic mass is 16.5. The van der Waals surface area contributed by atoms with Crippen LogP contribution in [0.5, 0.6) is 0 Å². The molecule has 6 heteroatoms. The molecule has 0 saturated heterocycles. The summed E-state index contributed by atoms with van der Waals surface area (Å²) in [6.45, 7) is 0.845. The van der Waals surface area contributed by atoms with Crippen molar-refractivity contribution in [1.29, 1.82) is 0 Å². The van der Waals surface area contributed by atoms with Gasteiger partial charge in [-0.1, -0.05) is 5.21 Å². The van der Waals surface area contributed by atoms with Gasteiger partial charge in [-0.2, -0.15) is 0 Å². The van der Waals surface area contributed by atoms with Gasteiger partial charge in [0.05, 0.1) is 19.7 Å². The number of methoxy groups -OCH3 is 1. The molecule has 0 amide bonds. The van der Waals surface area contributed by atoms with Crippen LogP contribution in [0.1, 0.15) is 31.1 Å². The Morgan fingerprint density at radius 1 is 1.75 bits per heavy atom. The maximum Gasteiger partial charge on any atom is 0.308 e.